The Morgan fingerprint density at radius 3 is 2.78 bits per heavy atom. The van der Waals surface area contributed by atoms with Crippen molar-refractivity contribution in [2.45, 2.75) is 32.4 Å². The predicted octanol–water partition coefficient (Wildman–Crippen LogP) is -0.0825. The molecule has 1 N–H and O–H groups in total. The first kappa shape index (κ1) is 13.8. The fourth-order valence-electron chi connectivity index (χ4n) is 2.75. The van der Waals surface area contributed by atoms with Crippen LogP contribution in [0.2, 0.25) is 0 Å². The standard InChI is InChI=1S/C13H25N3O2/c1-3-12-10-18-9-8-16(12)13(17)11(2)15-6-4-14-5-7-15/h11-12,14H,3-10H2,1-2H3. The van der Waals surface area contributed by atoms with Gasteiger partial charge in [0.1, 0.15) is 0 Å². The molecule has 0 saturated carbocycles. The summed E-state index contributed by atoms with van der Waals surface area (Å²) in [5.41, 5.74) is 0. The molecular formula is C13H25N3O2. The fraction of sp³-hybridized carbons (Fsp3) is 0.923. The van der Waals surface area contributed by atoms with Gasteiger partial charge in [0.15, 0.2) is 0 Å². The topological polar surface area (TPSA) is 44.8 Å². The molecule has 2 rings (SSSR count). The van der Waals surface area contributed by atoms with Crippen LogP contribution in [0.4, 0.5) is 0 Å². The van der Waals surface area contributed by atoms with Crippen molar-refractivity contribution in [2.24, 2.45) is 0 Å². The Kier molecular flexibility index (Phi) is 4.97. The molecule has 0 aliphatic carbocycles. The highest BCUT2D eigenvalue weighted by Gasteiger charge is 2.32. The Bertz CT molecular complexity index is 279. The first-order valence-electron chi connectivity index (χ1n) is 7.07. The van der Waals surface area contributed by atoms with Crippen LogP contribution in [-0.4, -0.2) is 73.7 Å². The Morgan fingerprint density at radius 2 is 2.11 bits per heavy atom. The molecule has 18 heavy (non-hydrogen) atoms. The van der Waals surface area contributed by atoms with Crippen LogP contribution < -0.4 is 5.32 Å². The predicted molar refractivity (Wildman–Crippen MR) is 70.5 cm³/mol. The molecule has 0 spiro atoms. The molecule has 0 bridgehead atoms. The third-order valence-electron chi connectivity index (χ3n) is 4.04. The van der Waals surface area contributed by atoms with Crippen LogP contribution >= 0.6 is 0 Å². The van der Waals surface area contributed by atoms with Crippen molar-refractivity contribution >= 4 is 5.91 Å². The summed E-state index contributed by atoms with van der Waals surface area (Å²) in [5.74, 6) is 0.270. The van der Waals surface area contributed by atoms with Crippen molar-refractivity contribution in [3.8, 4) is 0 Å². The third-order valence-corrected chi connectivity index (χ3v) is 4.04. The van der Waals surface area contributed by atoms with Crippen molar-refractivity contribution in [3.05, 3.63) is 0 Å². The number of rotatable bonds is 3. The lowest BCUT2D eigenvalue weighted by molar-refractivity contribution is -0.145. The number of carbonyl (C=O) groups is 1. The molecular weight excluding hydrogens is 230 g/mol. The highest BCUT2D eigenvalue weighted by molar-refractivity contribution is 5.82. The van der Waals surface area contributed by atoms with Crippen LogP contribution in [0.1, 0.15) is 20.3 Å². The molecule has 5 heteroatoms. The van der Waals surface area contributed by atoms with Crippen molar-refractivity contribution in [3.63, 3.8) is 0 Å². The maximum absolute atomic E-state index is 12.6. The third kappa shape index (κ3) is 3.02. The second-order valence-corrected chi connectivity index (χ2v) is 5.13. The van der Waals surface area contributed by atoms with E-state index in [0.29, 0.717) is 13.2 Å². The number of nitrogens with one attached hydrogen (secondary N) is 1. The van der Waals surface area contributed by atoms with Gasteiger partial charge in [0.05, 0.1) is 25.3 Å². The summed E-state index contributed by atoms with van der Waals surface area (Å²) < 4.78 is 5.46. The maximum atomic E-state index is 12.6. The van der Waals surface area contributed by atoms with Crippen LogP contribution in [0, 0.1) is 0 Å². The quantitative estimate of drug-likeness (QED) is 0.766. The van der Waals surface area contributed by atoms with E-state index in [9.17, 15) is 4.79 Å². The van der Waals surface area contributed by atoms with Gasteiger partial charge in [-0.05, 0) is 13.3 Å². The molecule has 2 heterocycles. The van der Waals surface area contributed by atoms with E-state index in [1.54, 1.807) is 0 Å². The van der Waals surface area contributed by atoms with E-state index in [-0.39, 0.29) is 18.0 Å². The molecule has 2 fully saturated rings. The van der Waals surface area contributed by atoms with Gasteiger partial charge in [-0.1, -0.05) is 6.92 Å². The molecule has 2 aliphatic rings. The van der Waals surface area contributed by atoms with Crippen molar-refractivity contribution in [1.29, 1.82) is 0 Å². The highest BCUT2D eigenvalue weighted by atomic mass is 16.5. The molecule has 0 radical (unpaired) electrons. The van der Waals surface area contributed by atoms with Crippen molar-refractivity contribution in [1.82, 2.24) is 15.1 Å². The van der Waals surface area contributed by atoms with Gasteiger partial charge < -0.3 is 15.0 Å². The summed E-state index contributed by atoms with van der Waals surface area (Å²) in [6.45, 7) is 10.2. The molecule has 0 aromatic rings. The second-order valence-electron chi connectivity index (χ2n) is 5.13. The Labute approximate surface area is 109 Å². The second kappa shape index (κ2) is 6.50. The van der Waals surface area contributed by atoms with Crippen molar-refractivity contribution < 1.29 is 9.53 Å². The average Bonchev–Trinajstić information content (AvgIpc) is 2.46. The monoisotopic (exact) mass is 255 g/mol. The minimum atomic E-state index is -0.000694. The molecule has 104 valence electrons. The van der Waals surface area contributed by atoms with Gasteiger partial charge >= 0.3 is 0 Å². The number of carbonyl (C=O) groups excluding carboxylic acids is 1. The van der Waals surface area contributed by atoms with Crippen LogP contribution in [0.5, 0.6) is 0 Å². The number of hydrogen-bond donors (Lipinski definition) is 1. The lowest BCUT2D eigenvalue weighted by Crippen LogP contribution is -2.57. The normalized spacial score (nSPS) is 28.1. The zero-order chi connectivity index (χ0) is 13.0. The summed E-state index contributed by atoms with van der Waals surface area (Å²) >= 11 is 0. The molecule has 0 aromatic carbocycles. The minimum absolute atomic E-state index is 0.000694. The molecule has 2 aliphatic heterocycles. The molecule has 0 aromatic heterocycles. The highest BCUT2D eigenvalue weighted by Crippen LogP contribution is 2.14. The number of piperazine rings is 1. The lowest BCUT2D eigenvalue weighted by atomic mass is 10.1. The Morgan fingerprint density at radius 1 is 1.39 bits per heavy atom. The van der Waals surface area contributed by atoms with Crippen LogP contribution in [0.3, 0.4) is 0 Å². The lowest BCUT2D eigenvalue weighted by Gasteiger charge is -2.40. The average molecular weight is 255 g/mol. The zero-order valence-corrected chi connectivity index (χ0v) is 11.5. The van der Waals surface area contributed by atoms with Gasteiger partial charge in [-0.25, -0.2) is 0 Å². The van der Waals surface area contributed by atoms with Gasteiger partial charge in [0.2, 0.25) is 5.91 Å². The molecule has 2 unspecified atom stereocenters. The number of ether oxygens (including phenoxy) is 1. The summed E-state index contributed by atoms with van der Waals surface area (Å²) in [4.78, 5) is 16.9. The molecule has 1 amide bonds. The van der Waals surface area contributed by atoms with E-state index in [1.807, 2.05) is 11.8 Å². The number of morpholine rings is 1. The van der Waals surface area contributed by atoms with Gasteiger partial charge in [-0.3, -0.25) is 9.69 Å². The van der Waals surface area contributed by atoms with E-state index in [4.69, 9.17) is 4.74 Å². The maximum Gasteiger partial charge on any atom is 0.240 e. The van der Waals surface area contributed by atoms with E-state index in [0.717, 1.165) is 39.1 Å². The van der Waals surface area contributed by atoms with Gasteiger partial charge in [0, 0.05) is 32.7 Å². The summed E-state index contributed by atoms with van der Waals surface area (Å²) in [7, 11) is 0. The van der Waals surface area contributed by atoms with Crippen LogP contribution in [-0.2, 0) is 9.53 Å². The van der Waals surface area contributed by atoms with E-state index >= 15 is 0 Å². The van der Waals surface area contributed by atoms with E-state index < -0.39 is 0 Å². The Balaban J connectivity index is 1.95. The first-order valence-corrected chi connectivity index (χ1v) is 7.07. The SMILES string of the molecule is CCC1COCCN1C(=O)C(C)N1CCNCC1. The van der Waals surface area contributed by atoms with E-state index in [1.165, 1.54) is 0 Å². The Hall–Kier alpha value is -0.650. The largest absolute Gasteiger partial charge is 0.377 e. The minimum Gasteiger partial charge on any atom is -0.377 e. The van der Waals surface area contributed by atoms with Gasteiger partial charge in [-0.15, -0.1) is 0 Å². The summed E-state index contributed by atoms with van der Waals surface area (Å²) in [6.07, 6.45) is 0.972. The van der Waals surface area contributed by atoms with Gasteiger partial charge in [-0.2, -0.15) is 0 Å². The zero-order valence-electron chi connectivity index (χ0n) is 11.5. The number of hydrogen-bond acceptors (Lipinski definition) is 4. The number of amides is 1. The van der Waals surface area contributed by atoms with Crippen LogP contribution in [0.15, 0.2) is 0 Å². The van der Waals surface area contributed by atoms with Crippen LogP contribution in [0.25, 0.3) is 0 Å². The van der Waals surface area contributed by atoms with Crippen molar-refractivity contribution in [2.75, 3.05) is 45.9 Å². The molecule has 5 nitrogen and oxygen atoms in total. The number of nitrogens with zero attached hydrogens (tertiary/aromatic N) is 2. The molecule has 2 saturated heterocycles. The summed E-state index contributed by atoms with van der Waals surface area (Å²) in [6, 6.07) is 0.260. The fourth-order valence-corrected chi connectivity index (χ4v) is 2.75. The first-order chi connectivity index (χ1) is 8.74. The molecule has 2 atom stereocenters. The van der Waals surface area contributed by atoms with E-state index in [2.05, 4.69) is 17.1 Å². The summed E-state index contributed by atoms with van der Waals surface area (Å²) in [5, 5.41) is 3.32. The smallest absolute Gasteiger partial charge is 0.240 e. The van der Waals surface area contributed by atoms with Gasteiger partial charge in [0.25, 0.3) is 0 Å².